The van der Waals surface area contributed by atoms with Crippen LogP contribution in [0.3, 0.4) is 0 Å². The van der Waals surface area contributed by atoms with Gasteiger partial charge in [0.1, 0.15) is 0 Å². The molecular formula is C22H23N. The minimum atomic E-state index is 0.562. The van der Waals surface area contributed by atoms with Crippen LogP contribution >= 0.6 is 0 Å². The van der Waals surface area contributed by atoms with Crippen molar-refractivity contribution >= 4 is 0 Å². The first kappa shape index (κ1) is 15.5. The second-order valence-electron chi connectivity index (χ2n) is 6.58. The highest BCUT2D eigenvalue weighted by Gasteiger charge is 2.05. The highest BCUT2D eigenvalue weighted by atomic mass is 14.7. The molecule has 0 spiro atoms. The first-order chi connectivity index (χ1) is 11.0. The third-order valence-electron chi connectivity index (χ3n) is 4.19. The second-order valence-corrected chi connectivity index (χ2v) is 6.58. The molecule has 3 aromatic rings. The van der Waals surface area contributed by atoms with E-state index < -0.39 is 0 Å². The Morgan fingerprint density at radius 1 is 0.696 bits per heavy atom. The van der Waals surface area contributed by atoms with Crippen molar-refractivity contribution in [2.24, 2.45) is 0 Å². The Labute approximate surface area is 139 Å². The molecule has 0 amide bonds. The Morgan fingerprint density at radius 2 is 1.35 bits per heavy atom. The summed E-state index contributed by atoms with van der Waals surface area (Å²) in [6.07, 6.45) is 1.90. The van der Waals surface area contributed by atoms with Crippen molar-refractivity contribution in [1.29, 1.82) is 0 Å². The van der Waals surface area contributed by atoms with Crippen LogP contribution in [0.2, 0.25) is 0 Å². The molecule has 0 saturated heterocycles. The predicted octanol–water partition coefficient (Wildman–Crippen LogP) is 6.16. The molecule has 0 bridgehead atoms. The van der Waals surface area contributed by atoms with Crippen LogP contribution in [0.1, 0.15) is 36.5 Å². The van der Waals surface area contributed by atoms with Gasteiger partial charge in [0.05, 0.1) is 5.69 Å². The standard InChI is InChI=1S/C22H23N/c1-15(2)18-5-7-19(8-6-18)20-9-10-23-22(14-20)21-12-16(3)11-17(4)13-21/h5-15H,1-4H3. The van der Waals surface area contributed by atoms with E-state index in [4.69, 9.17) is 0 Å². The summed E-state index contributed by atoms with van der Waals surface area (Å²) in [5.41, 5.74) is 8.58. The number of pyridine rings is 1. The van der Waals surface area contributed by atoms with Crippen LogP contribution in [0.4, 0.5) is 0 Å². The fourth-order valence-corrected chi connectivity index (χ4v) is 2.95. The lowest BCUT2D eigenvalue weighted by molar-refractivity contribution is 0.867. The van der Waals surface area contributed by atoms with Gasteiger partial charge in [-0.05, 0) is 60.7 Å². The Balaban J connectivity index is 1.99. The van der Waals surface area contributed by atoms with Gasteiger partial charge in [-0.25, -0.2) is 0 Å². The summed E-state index contributed by atoms with van der Waals surface area (Å²) < 4.78 is 0. The van der Waals surface area contributed by atoms with E-state index >= 15 is 0 Å². The topological polar surface area (TPSA) is 12.9 Å². The Kier molecular flexibility index (Phi) is 4.29. The molecule has 1 heteroatoms. The van der Waals surface area contributed by atoms with Gasteiger partial charge in [-0.2, -0.15) is 0 Å². The van der Waals surface area contributed by atoms with Gasteiger partial charge in [-0.1, -0.05) is 55.3 Å². The molecule has 0 N–H and O–H groups in total. The molecule has 116 valence electrons. The smallest absolute Gasteiger partial charge is 0.0708 e. The molecule has 0 aliphatic heterocycles. The summed E-state index contributed by atoms with van der Waals surface area (Å²) in [6.45, 7) is 8.70. The molecule has 0 aliphatic rings. The summed E-state index contributed by atoms with van der Waals surface area (Å²) in [6, 6.07) is 19.7. The van der Waals surface area contributed by atoms with Gasteiger partial charge in [0.2, 0.25) is 0 Å². The van der Waals surface area contributed by atoms with Gasteiger partial charge in [-0.15, -0.1) is 0 Å². The Morgan fingerprint density at radius 3 is 1.96 bits per heavy atom. The number of benzene rings is 2. The summed E-state index contributed by atoms with van der Waals surface area (Å²) >= 11 is 0. The van der Waals surface area contributed by atoms with Gasteiger partial charge in [0.25, 0.3) is 0 Å². The maximum absolute atomic E-state index is 4.56. The first-order valence-corrected chi connectivity index (χ1v) is 8.18. The lowest BCUT2D eigenvalue weighted by Crippen LogP contribution is -1.89. The van der Waals surface area contributed by atoms with E-state index in [2.05, 4.69) is 87.3 Å². The molecular weight excluding hydrogens is 278 g/mol. The van der Waals surface area contributed by atoms with Crippen molar-refractivity contribution in [3.63, 3.8) is 0 Å². The van der Waals surface area contributed by atoms with E-state index in [-0.39, 0.29) is 0 Å². The predicted molar refractivity (Wildman–Crippen MR) is 98.7 cm³/mol. The van der Waals surface area contributed by atoms with Gasteiger partial charge in [0, 0.05) is 11.8 Å². The monoisotopic (exact) mass is 301 g/mol. The highest BCUT2D eigenvalue weighted by molar-refractivity contribution is 5.71. The van der Waals surface area contributed by atoms with Crippen molar-refractivity contribution in [1.82, 2.24) is 4.98 Å². The molecule has 1 heterocycles. The molecule has 2 aromatic carbocycles. The number of aromatic nitrogens is 1. The molecule has 0 fully saturated rings. The summed E-state index contributed by atoms with van der Waals surface area (Å²) in [5.74, 6) is 0.562. The normalized spacial score (nSPS) is 11.0. The minimum absolute atomic E-state index is 0.562. The summed E-state index contributed by atoms with van der Waals surface area (Å²) in [4.78, 5) is 4.56. The van der Waals surface area contributed by atoms with Crippen LogP contribution in [0, 0.1) is 13.8 Å². The van der Waals surface area contributed by atoms with E-state index in [9.17, 15) is 0 Å². The van der Waals surface area contributed by atoms with E-state index in [1.54, 1.807) is 0 Å². The minimum Gasteiger partial charge on any atom is -0.256 e. The average molecular weight is 301 g/mol. The maximum Gasteiger partial charge on any atom is 0.0708 e. The second kappa shape index (κ2) is 6.37. The van der Waals surface area contributed by atoms with Crippen molar-refractivity contribution in [2.75, 3.05) is 0 Å². The summed E-state index contributed by atoms with van der Waals surface area (Å²) in [5, 5.41) is 0. The largest absolute Gasteiger partial charge is 0.256 e. The van der Waals surface area contributed by atoms with Crippen molar-refractivity contribution in [2.45, 2.75) is 33.6 Å². The number of rotatable bonds is 3. The maximum atomic E-state index is 4.56. The van der Waals surface area contributed by atoms with E-state index in [1.165, 1.54) is 33.4 Å². The SMILES string of the molecule is Cc1cc(C)cc(-c2cc(-c3ccc(C(C)C)cc3)ccn2)c1. The fraction of sp³-hybridized carbons (Fsp3) is 0.227. The van der Waals surface area contributed by atoms with Crippen LogP contribution in [0.5, 0.6) is 0 Å². The highest BCUT2D eigenvalue weighted by Crippen LogP contribution is 2.27. The first-order valence-electron chi connectivity index (χ1n) is 8.18. The Bertz CT molecular complexity index is 793. The molecule has 1 nitrogen and oxygen atoms in total. The third kappa shape index (κ3) is 3.50. The molecule has 0 unspecified atom stereocenters. The van der Waals surface area contributed by atoms with Gasteiger partial charge >= 0.3 is 0 Å². The number of hydrogen-bond donors (Lipinski definition) is 0. The number of hydrogen-bond acceptors (Lipinski definition) is 1. The van der Waals surface area contributed by atoms with Crippen LogP contribution in [-0.4, -0.2) is 4.98 Å². The molecule has 23 heavy (non-hydrogen) atoms. The molecule has 0 radical (unpaired) electrons. The molecule has 0 saturated carbocycles. The lowest BCUT2D eigenvalue weighted by Gasteiger charge is -2.09. The van der Waals surface area contributed by atoms with Gasteiger partial charge in [0.15, 0.2) is 0 Å². The Hall–Kier alpha value is -2.41. The molecule has 0 aliphatic carbocycles. The van der Waals surface area contributed by atoms with Crippen LogP contribution in [0.25, 0.3) is 22.4 Å². The van der Waals surface area contributed by atoms with Gasteiger partial charge in [-0.3, -0.25) is 4.98 Å². The molecule has 0 atom stereocenters. The molecule has 3 rings (SSSR count). The van der Waals surface area contributed by atoms with Crippen LogP contribution in [-0.2, 0) is 0 Å². The lowest BCUT2D eigenvalue weighted by atomic mass is 9.98. The van der Waals surface area contributed by atoms with Crippen molar-refractivity contribution < 1.29 is 0 Å². The van der Waals surface area contributed by atoms with Gasteiger partial charge < -0.3 is 0 Å². The number of nitrogens with zero attached hydrogens (tertiary/aromatic N) is 1. The molecule has 1 aromatic heterocycles. The fourth-order valence-electron chi connectivity index (χ4n) is 2.95. The summed E-state index contributed by atoms with van der Waals surface area (Å²) in [7, 11) is 0. The average Bonchev–Trinajstić information content (AvgIpc) is 2.54. The zero-order valence-corrected chi connectivity index (χ0v) is 14.3. The zero-order valence-electron chi connectivity index (χ0n) is 14.3. The third-order valence-corrected chi connectivity index (χ3v) is 4.19. The van der Waals surface area contributed by atoms with Crippen molar-refractivity contribution in [3.8, 4) is 22.4 Å². The quantitative estimate of drug-likeness (QED) is 0.565. The van der Waals surface area contributed by atoms with Crippen LogP contribution in [0.15, 0.2) is 60.8 Å². The zero-order chi connectivity index (χ0) is 16.4. The van der Waals surface area contributed by atoms with Crippen molar-refractivity contribution in [3.05, 3.63) is 77.5 Å². The van der Waals surface area contributed by atoms with E-state index in [1.807, 2.05) is 6.20 Å². The van der Waals surface area contributed by atoms with E-state index in [0.717, 1.165) is 5.69 Å². The van der Waals surface area contributed by atoms with E-state index in [0.29, 0.717) is 5.92 Å². The van der Waals surface area contributed by atoms with Crippen LogP contribution < -0.4 is 0 Å². The number of aryl methyl sites for hydroxylation is 2.